The average molecular weight is 286 g/mol. The quantitative estimate of drug-likeness (QED) is 0.833. The molecule has 0 aliphatic carbocycles. The second-order valence-corrected chi connectivity index (χ2v) is 6.20. The summed E-state index contributed by atoms with van der Waals surface area (Å²) in [6, 6.07) is 6.28. The average Bonchev–Trinajstić information content (AvgIpc) is 3.09. The van der Waals surface area contributed by atoms with E-state index in [1.165, 1.54) is 4.70 Å². The van der Waals surface area contributed by atoms with Crippen molar-refractivity contribution in [3.8, 4) is 0 Å². The van der Waals surface area contributed by atoms with Crippen molar-refractivity contribution in [2.75, 3.05) is 18.0 Å². The van der Waals surface area contributed by atoms with Crippen molar-refractivity contribution in [3.05, 3.63) is 36.1 Å². The molecule has 2 fully saturated rings. The highest BCUT2D eigenvalue weighted by Crippen LogP contribution is 2.32. The van der Waals surface area contributed by atoms with E-state index in [0.29, 0.717) is 12.4 Å². The van der Waals surface area contributed by atoms with Crippen LogP contribution < -0.4 is 15.5 Å². The first kappa shape index (κ1) is 11.7. The molecule has 1 spiro atoms. The summed E-state index contributed by atoms with van der Waals surface area (Å²) in [6.07, 6.45) is 0.785. The van der Waals surface area contributed by atoms with Crippen molar-refractivity contribution in [2.24, 2.45) is 0 Å². The van der Waals surface area contributed by atoms with Gasteiger partial charge in [0.05, 0.1) is 28.1 Å². The van der Waals surface area contributed by atoms with Crippen LogP contribution in [0.1, 0.15) is 6.42 Å². The molecule has 2 aliphatic rings. The van der Waals surface area contributed by atoms with Crippen LogP contribution in [0.25, 0.3) is 10.2 Å². The van der Waals surface area contributed by atoms with Crippen LogP contribution in [0.5, 0.6) is 0 Å². The lowest BCUT2D eigenvalue weighted by Crippen LogP contribution is -2.48. The maximum absolute atomic E-state index is 12.1. The van der Waals surface area contributed by atoms with E-state index in [9.17, 15) is 4.79 Å². The summed E-state index contributed by atoms with van der Waals surface area (Å²) in [5.74, 6) is 0.631. The van der Waals surface area contributed by atoms with E-state index in [0.717, 1.165) is 24.2 Å². The number of carbonyl (C=O) groups excluding carboxylic acids is 1. The highest BCUT2D eigenvalue weighted by Gasteiger charge is 2.48. The van der Waals surface area contributed by atoms with Gasteiger partial charge >= 0.3 is 0 Å². The van der Waals surface area contributed by atoms with Crippen LogP contribution in [0.2, 0.25) is 0 Å². The SMILES string of the molecule is C=C1NC(=O)C2(CCN(c3ccc4scnc4c3)C2)N1. The molecule has 1 atom stereocenters. The van der Waals surface area contributed by atoms with Crippen molar-refractivity contribution < 1.29 is 4.79 Å². The molecule has 2 N–H and O–H groups in total. The number of fused-ring (bicyclic) bond motifs is 1. The maximum atomic E-state index is 12.1. The van der Waals surface area contributed by atoms with Gasteiger partial charge in [-0.15, -0.1) is 11.3 Å². The number of nitrogens with one attached hydrogen (secondary N) is 2. The van der Waals surface area contributed by atoms with Crippen molar-refractivity contribution in [1.82, 2.24) is 15.6 Å². The van der Waals surface area contributed by atoms with Gasteiger partial charge in [0, 0.05) is 12.2 Å². The van der Waals surface area contributed by atoms with Crippen LogP contribution in [0.15, 0.2) is 36.1 Å². The topological polar surface area (TPSA) is 57.3 Å². The van der Waals surface area contributed by atoms with Crippen LogP contribution in [0, 0.1) is 0 Å². The molecule has 1 unspecified atom stereocenters. The second kappa shape index (κ2) is 3.96. The molecule has 4 rings (SSSR count). The zero-order valence-corrected chi connectivity index (χ0v) is 11.7. The molecular weight excluding hydrogens is 272 g/mol. The Morgan fingerprint density at radius 3 is 3.15 bits per heavy atom. The first-order valence-corrected chi connectivity index (χ1v) is 7.41. The van der Waals surface area contributed by atoms with E-state index in [2.05, 4.69) is 45.3 Å². The molecule has 102 valence electrons. The Morgan fingerprint density at radius 2 is 2.35 bits per heavy atom. The zero-order valence-electron chi connectivity index (χ0n) is 10.8. The molecule has 3 heterocycles. The fraction of sp³-hybridized carbons (Fsp3) is 0.286. The number of carbonyl (C=O) groups is 1. The molecule has 1 aromatic heterocycles. The van der Waals surface area contributed by atoms with Gasteiger partial charge in [0.1, 0.15) is 5.54 Å². The standard InChI is InChI=1S/C14H14N4OS/c1-9-16-13(19)14(17-9)4-5-18(7-14)10-2-3-12-11(6-10)15-8-20-12/h2-3,6,8,17H,1,4-5,7H2,(H,16,19). The molecule has 1 amide bonds. The van der Waals surface area contributed by atoms with Crippen LogP contribution in [0.4, 0.5) is 5.69 Å². The Balaban J connectivity index is 1.64. The number of hydrogen-bond acceptors (Lipinski definition) is 5. The molecule has 0 saturated carbocycles. The molecule has 1 aromatic carbocycles. The molecule has 2 aromatic rings. The monoisotopic (exact) mass is 286 g/mol. The summed E-state index contributed by atoms with van der Waals surface area (Å²) in [4.78, 5) is 18.7. The number of rotatable bonds is 1. The fourth-order valence-electron chi connectivity index (χ4n) is 2.99. The summed E-state index contributed by atoms with van der Waals surface area (Å²) < 4.78 is 1.19. The van der Waals surface area contributed by atoms with E-state index in [4.69, 9.17) is 0 Å². The molecule has 20 heavy (non-hydrogen) atoms. The predicted octanol–water partition coefficient (Wildman–Crippen LogP) is 1.44. The summed E-state index contributed by atoms with van der Waals surface area (Å²) in [5.41, 5.74) is 3.47. The third kappa shape index (κ3) is 1.61. The highest BCUT2D eigenvalue weighted by molar-refractivity contribution is 7.16. The first-order chi connectivity index (χ1) is 9.66. The van der Waals surface area contributed by atoms with Crippen molar-refractivity contribution in [1.29, 1.82) is 0 Å². The van der Waals surface area contributed by atoms with E-state index in [1.54, 1.807) is 11.3 Å². The van der Waals surface area contributed by atoms with Crippen molar-refractivity contribution in [2.45, 2.75) is 12.0 Å². The summed E-state index contributed by atoms with van der Waals surface area (Å²) >= 11 is 1.64. The Hall–Kier alpha value is -2.08. The van der Waals surface area contributed by atoms with Gasteiger partial charge in [0.2, 0.25) is 0 Å². The smallest absolute Gasteiger partial charge is 0.253 e. The lowest BCUT2D eigenvalue weighted by molar-refractivity contribution is -0.123. The van der Waals surface area contributed by atoms with E-state index in [1.807, 2.05) is 5.51 Å². The minimum absolute atomic E-state index is 0.0275. The number of benzene rings is 1. The van der Waals surface area contributed by atoms with Gasteiger partial charge in [-0.1, -0.05) is 6.58 Å². The van der Waals surface area contributed by atoms with Crippen LogP contribution in [0.3, 0.4) is 0 Å². The number of aromatic nitrogens is 1. The fourth-order valence-corrected chi connectivity index (χ4v) is 3.65. The van der Waals surface area contributed by atoms with E-state index in [-0.39, 0.29) is 5.91 Å². The summed E-state index contributed by atoms with van der Waals surface area (Å²) in [5, 5.41) is 5.97. The van der Waals surface area contributed by atoms with Gasteiger partial charge in [-0.25, -0.2) is 4.98 Å². The Labute approximate surface area is 120 Å². The molecule has 2 aliphatic heterocycles. The van der Waals surface area contributed by atoms with Gasteiger partial charge in [0.15, 0.2) is 0 Å². The summed E-state index contributed by atoms with van der Waals surface area (Å²) in [6.45, 7) is 5.30. The van der Waals surface area contributed by atoms with Crippen molar-refractivity contribution in [3.63, 3.8) is 0 Å². The summed E-state index contributed by atoms with van der Waals surface area (Å²) in [7, 11) is 0. The van der Waals surface area contributed by atoms with Crippen LogP contribution >= 0.6 is 11.3 Å². The predicted molar refractivity (Wildman–Crippen MR) is 79.6 cm³/mol. The van der Waals surface area contributed by atoms with Crippen LogP contribution in [-0.2, 0) is 4.79 Å². The second-order valence-electron chi connectivity index (χ2n) is 5.32. The zero-order chi connectivity index (χ0) is 13.7. The van der Waals surface area contributed by atoms with Gasteiger partial charge in [-0.05, 0) is 24.6 Å². The lowest BCUT2D eigenvalue weighted by atomic mass is 9.99. The third-order valence-electron chi connectivity index (χ3n) is 4.04. The minimum atomic E-state index is -0.520. The van der Waals surface area contributed by atoms with Gasteiger partial charge < -0.3 is 15.5 Å². The number of anilines is 1. The van der Waals surface area contributed by atoms with Gasteiger partial charge in [0.25, 0.3) is 5.91 Å². The molecular formula is C14H14N4OS. The number of hydrogen-bond donors (Lipinski definition) is 2. The third-order valence-corrected chi connectivity index (χ3v) is 4.85. The molecule has 2 saturated heterocycles. The van der Waals surface area contributed by atoms with Gasteiger partial charge in [-0.2, -0.15) is 0 Å². The normalized spacial score (nSPS) is 25.5. The van der Waals surface area contributed by atoms with Crippen molar-refractivity contribution >= 4 is 33.1 Å². The Bertz CT molecular complexity index is 725. The Kier molecular flexibility index (Phi) is 2.32. The number of amides is 1. The maximum Gasteiger partial charge on any atom is 0.253 e. The number of nitrogens with zero attached hydrogens (tertiary/aromatic N) is 2. The lowest BCUT2D eigenvalue weighted by Gasteiger charge is -2.23. The Morgan fingerprint density at radius 1 is 1.45 bits per heavy atom. The van der Waals surface area contributed by atoms with Crippen LogP contribution in [-0.4, -0.2) is 29.5 Å². The first-order valence-electron chi connectivity index (χ1n) is 6.53. The van der Waals surface area contributed by atoms with Gasteiger partial charge in [-0.3, -0.25) is 4.79 Å². The number of thiazole rings is 1. The molecule has 0 bridgehead atoms. The molecule has 0 radical (unpaired) electrons. The minimum Gasteiger partial charge on any atom is -0.368 e. The molecule has 5 nitrogen and oxygen atoms in total. The van der Waals surface area contributed by atoms with E-state index >= 15 is 0 Å². The molecule has 6 heteroatoms. The highest BCUT2D eigenvalue weighted by atomic mass is 32.1. The van der Waals surface area contributed by atoms with E-state index < -0.39 is 5.54 Å². The largest absolute Gasteiger partial charge is 0.368 e.